The van der Waals surface area contributed by atoms with Crippen LogP contribution in [0.4, 0.5) is 0 Å². The highest BCUT2D eigenvalue weighted by atomic mass is 35.5. The number of nitrogens with two attached hydrogens (primary N) is 1. The number of hydrogen-bond donors (Lipinski definition) is 1. The molecule has 3 nitrogen and oxygen atoms in total. The highest BCUT2D eigenvalue weighted by molar-refractivity contribution is 5.88. The van der Waals surface area contributed by atoms with Gasteiger partial charge in [0.25, 0.3) is 0 Å². The molecule has 0 radical (unpaired) electrons. The van der Waals surface area contributed by atoms with E-state index in [0.29, 0.717) is 13.1 Å². The van der Waals surface area contributed by atoms with Crippen LogP contribution < -0.4 is 5.73 Å². The molecule has 1 aliphatic heterocycles. The molecular weight excluding hydrogens is 356 g/mol. The van der Waals surface area contributed by atoms with Crippen LogP contribution in [0.1, 0.15) is 29.9 Å². The number of benzene rings is 3. The molecule has 1 aliphatic rings. The van der Waals surface area contributed by atoms with Crippen LogP contribution in [0.15, 0.2) is 72.8 Å². The molecule has 0 aliphatic carbocycles. The highest BCUT2D eigenvalue weighted by Gasteiger charge is 2.35. The van der Waals surface area contributed by atoms with Crippen LogP contribution in [0, 0.1) is 0 Å². The molecule has 3 atom stereocenters. The average molecular weight is 381 g/mol. The van der Waals surface area contributed by atoms with Gasteiger partial charge in [-0.25, -0.2) is 0 Å². The second-order valence-electron chi connectivity index (χ2n) is 7.25. The van der Waals surface area contributed by atoms with Crippen molar-refractivity contribution in [2.45, 2.75) is 24.8 Å². The van der Waals surface area contributed by atoms with E-state index in [4.69, 9.17) is 5.73 Å². The van der Waals surface area contributed by atoms with E-state index in [0.717, 1.165) is 5.56 Å². The second-order valence-corrected chi connectivity index (χ2v) is 7.25. The second kappa shape index (κ2) is 8.12. The van der Waals surface area contributed by atoms with E-state index in [1.165, 1.54) is 16.3 Å². The Morgan fingerprint density at radius 1 is 0.963 bits per heavy atom. The highest BCUT2D eigenvalue weighted by Crippen LogP contribution is 2.30. The van der Waals surface area contributed by atoms with E-state index < -0.39 is 0 Å². The number of halogens is 1. The Bertz CT molecular complexity index is 928. The first-order valence-corrected chi connectivity index (χ1v) is 9.21. The molecule has 27 heavy (non-hydrogen) atoms. The maximum Gasteiger partial charge on any atom is 0.229 e. The van der Waals surface area contributed by atoms with Gasteiger partial charge in [0.1, 0.15) is 0 Å². The van der Waals surface area contributed by atoms with E-state index in [1.54, 1.807) is 0 Å². The Labute approximate surface area is 166 Å². The Hall–Kier alpha value is -2.36. The summed E-state index contributed by atoms with van der Waals surface area (Å²) in [5.74, 6) is 0.208. The minimum atomic E-state index is -0.165. The maximum atomic E-state index is 13.1. The molecule has 2 N–H and O–H groups in total. The number of likely N-dealkylation sites (tertiary alicyclic amines) is 1. The van der Waals surface area contributed by atoms with Crippen molar-refractivity contribution in [3.63, 3.8) is 0 Å². The minimum absolute atomic E-state index is 0. The molecule has 1 fully saturated rings. The Morgan fingerprint density at radius 3 is 2.37 bits per heavy atom. The molecule has 0 bridgehead atoms. The third-order valence-corrected chi connectivity index (χ3v) is 5.55. The summed E-state index contributed by atoms with van der Waals surface area (Å²) in [4.78, 5) is 15.0. The van der Waals surface area contributed by atoms with Gasteiger partial charge in [-0.3, -0.25) is 4.79 Å². The lowest BCUT2D eigenvalue weighted by Gasteiger charge is -2.21. The Balaban J connectivity index is 0.00000210. The van der Waals surface area contributed by atoms with Crippen molar-refractivity contribution in [2.24, 2.45) is 5.73 Å². The van der Waals surface area contributed by atoms with Crippen molar-refractivity contribution >= 4 is 29.1 Å². The first kappa shape index (κ1) is 19.4. The third kappa shape index (κ3) is 3.85. The van der Waals surface area contributed by atoms with Crippen LogP contribution >= 0.6 is 12.4 Å². The van der Waals surface area contributed by atoms with E-state index >= 15 is 0 Å². The lowest BCUT2D eigenvalue weighted by atomic mass is 9.95. The SMILES string of the molecule is CC(C(=O)N1C[C@@H](N)[C@H](c2ccccc2)C1)c1ccc2ccccc2c1.Cl. The van der Waals surface area contributed by atoms with Gasteiger partial charge >= 0.3 is 0 Å². The summed E-state index contributed by atoms with van der Waals surface area (Å²) in [7, 11) is 0. The molecule has 4 heteroatoms. The number of carbonyl (C=O) groups excluding carboxylic acids is 1. The van der Waals surface area contributed by atoms with Gasteiger partial charge in [0.2, 0.25) is 5.91 Å². The quantitative estimate of drug-likeness (QED) is 0.735. The van der Waals surface area contributed by atoms with E-state index in [1.807, 2.05) is 42.2 Å². The first-order valence-electron chi connectivity index (χ1n) is 9.21. The molecular formula is C23H25ClN2O. The summed E-state index contributed by atoms with van der Waals surface area (Å²) in [6.07, 6.45) is 0. The predicted octanol–water partition coefficient (Wildman–Crippen LogP) is 4.32. The number of carbonyl (C=O) groups is 1. The molecule has 1 heterocycles. The molecule has 0 saturated carbocycles. The van der Waals surface area contributed by atoms with Crippen LogP contribution in [0.3, 0.4) is 0 Å². The normalized spacial score (nSPS) is 20.3. The molecule has 3 aromatic carbocycles. The van der Waals surface area contributed by atoms with Gasteiger partial charge in [0.15, 0.2) is 0 Å². The Morgan fingerprint density at radius 2 is 1.63 bits per heavy atom. The van der Waals surface area contributed by atoms with Crippen molar-refractivity contribution in [2.75, 3.05) is 13.1 Å². The lowest BCUT2D eigenvalue weighted by molar-refractivity contribution is -0.131. The first-order chi connectivity index (χ1) is 12.6. The number of nitrogens with zero attached hydrogens (tertiary/aromatic N) is 1. The number of hydrogen-bond acceptors (Lipinski definition) is 2. The molecule has 4 rings (SSSR count). The summed E-state index contributed by atoms with van der Waals surface area (Å²) < 4.78 is 0. The number of fused-ring (bicyclic) bond motifs is 1. The summed E-state index contributed by atoms with van der Waals surface area (Å²) in [6.45, 7) is 3.31. The monoisotopic (exact) mass is 380 g/mol. The molecule has 3 aromatic rings. The van der Waals surface area contributed by atoms with Crippen LogP contribution in [0.25, 0.3) is 10.8 Å². The zero-order valence-electron chi connectivity index (χ0n) is 15.4. The zero-order chi connectivity index (χ0) is 18.1. The fourth-order valence-electron chi connectivity index (χ4n) is 3.96. The molecule has 140 valence electrons. The molecule has 1 amide bonds. The summed E-state index contributed by atoms with van der Waals surface area (Å²) in [5, 5.41) is 2.37. The Kier molecular flexibility index (Phi) is 5.83. The van der Waals surface area contributed by atoms with Gasteiger partial charge in [-0.15, -0.1) is 12.4 Å². The van der Waals surface area contributed by atoms with E-state index in [2.05, 4.69) is 42.5 Å². The third-order valence-electron chi connectivity index (χ3n) is 5.55. The van der Waals surface area contributed by atoms with Gasteiger partial charge in [0, 0.05) is 25.0 Å². The van der Waals surface area contributed by atoms with Crippen LogP contribution in [-0.2, 0) is 4.79 Å². The van der Waals surface area contributed by atoms with Gasteiger partial charge in [-0.1, -0.05) is 72.8 Å². The van der Waals surface area contributed by atoms with Gasteiger partial charge < -0.3 is 10.6 Å². The standard InChI is InChI=1S/C23H24N2O.ClH/c1-16(19-12-11-17-7-5-6-10-20(17)13-19)23(26)25-14-21(22(24)15-25)18-8-3-2-4-9-18;/h2-13,16,21-22H,14-15,24H2,1H3;1H/t16?,21-,22+;/m0./s1. The van der Waals surface area contributed by atoms with Crippen molar-refractivity contribution in [3.05, 3.63) is 83.9 Å². The summed E-state index contributed by atoms with van der Waals surface area (Å²) in [5.41, 5.74) is 8.64. The van der Waals surface area contributed by atoms with Crippen LogP contribution in [-0.4, -0.2) is 29.9 Å². The van der Waals surface area contributed by atoms with Crippen LogP contribution in [0.5, 0.6) is 0 Å². The predicted molar refractivity (Wildman–Crippen MR) is 113 cm³/mol. The smallest absolute Gasteiger partial charge is 0.229 e. The van der Waals surface area contributed by atoms with Gasteiger partial charge in [0.05, 0.1) is 5.92 Å². The summed E-state index contributed by atoms with van der Waals surface area (Å²) in [6, 6.07) is 24.8. The largest absolute Gasteiger partial charge is 0.340 e. The number of amides is 1. The van der Waals surface area contributed by atoms with Crippen molar-refractivity contribution in [1.82, 2.24) is 4.90 Å². The fourth-order valence-corrected chi connectivity index (χ4v) is 3.96. The molecule has 1 saturated heterocycles. The van der Waals surface area contributed by atoms with E-state index in [-0.39, 0.29) is 36.2 Å². The van der Waals surface area contributed by atoms with Crippen LogP contribution in [0.2, 0.25) is 0 Å². The average Bonchev–Trinajstić information content (AvgIpc) is 3.09. The van der Waals surface area contributed by atoms with Crippen molar-refractivity contribution < 1.29 is 4.79 Å². The topological polar surface area (TPSA) is 46.3 Å². The van der Waals surface area contributed by atoms with Gasteiger partial charge in [-0.05, 0) is 28.8 Å². The molecule has 1 unspecified atom stereocenters. The van der Waals surface area contributed by atoms with Gasteiger partial charge in [-0.2, -0.15) is 0 Å². The summed E-state index contributed by atoms with van der Waals surface area (Å²) >= 11 is 0. The van der Waals surface area contributed by atoms with Crippen molar-refractivity contribution in [1.29, 1.82) is 0 Å². The lowest BCUT2D eigenvalue weighted by Crippen LogP contribution is -2.34. The zero-order valence-corrected chi connectivity index (χ0v) is 16.2. The number of rotatable bonds is 3. The van der Waals surface area contributed by atoms with Crippen molar-refractivity contribution in [3.8, 4) is 0 Å². The minimum Gasteiger partial charge on any atom is -0.340 e. The van der Waals surface area contributed by atoms with E-state index in [9.17, 15) is 4.79 Å². The fraction of sp³-hybridized carbons (Fsp3) is 0.261. The maximum absolute atomic E-state index is 13.1. The molecule has 0 aromatic heterocycles. The molecule has 0 spiro atoms.